The van der Waals surface area contributed by atoms with E-state index in [0.717, 1.165) is 12.3 Å². The number of rotatable bonds is 4. The average Bonchev–Trinajstić information content (AvgIpc) is 2.13. The molecule has 0 aliphatic heterocycles. The number of nitriles is 1. The van der Waals surface area contributed by atoms with Gasteiger partial charge in [-0.25, -0.2) is 9.18 Å². The minimum absolute atomic E-state index is 0.150. The number of esters is 1. The van der Waals surface area contributed by atoms with Crippen LogP contribution in [0.1, 0.15) is 6.92 Å². The molecule has 0 fully saturated rings. The van der Waals surface area contributed by atoms with Gasteiger partial charge < -0.3 is 9.64 Å². The molecule has 0 aliphatic carbocycles. The number of carbonyl (C=O) groups is 1. The van der Waals surface area contributed by atoms with Crippen LogP contribution in [0.15, 0.2) is 23.7 Å². The van der Waals surface area contributed by atoms with E-state index in [2.05, 4.69) is 4.74 Å². The Morgan fingerprint density at radius 2 is 2.20 bits per heavy atom. The summed E-state index contributed by atoms with van der Waals surface area (Å²) in [5.41, 5.74) is -0.354. The average molecular weight is 214 g/mol. The summed E-state index contributed by atoms with van der Waals surface area (Å²) in [6.45, 7) is 1.76. The summed E-state index contributed by atoms with van der Waals surface area (Å²) >= 11 is 0. The molecule has 0 unspecified atom stereocenters. The second-order valence-electron chi connectivity index (χ2n) is 2.87. The van der Waals surface area contributed by atoms with Crippen molar-refractivity contribution in [3.05, 3.63) is 23.7 Å². The third-order valence-electron chi connectivity index (χ3n) is 1.28. The van der Waals surface area contributed by atoms with Gasteiger partial charge in [0.2, 0.25) is 0 Å². The molecule has 0 rings (SSSR count). The molecule has 0 amide bonds. The van der Waals surface area contributed by atoms with Gasteiger partial charge in [0.05, 0.1) is 6.61 Å². The fraction of sp³-hybridized carbons (Fsp3) is 0.400. The lowest BCUT2D eigenvalue weighted by Crippen LogP contribution is -2.07. The van der Waals surface area contributed by atoms with Gasteiger partial charge in [-0.3, -0.25) is 0 Å². The molecule has 0 aromatic carbocycles. The topological polar surface area (TPSA) is 53.3 Å². The van der Waals surface area contributed by atoms with Gasteiger partial charge in [-0.2, -0.15) is 5.26 Å². The van der Waals surface area contributed by atoms with E-state index in [4.69, 9.17) is 5.26 Å². The van der Waals surface area contributed by atoms with Crippen LogP contribution >= 0.6 is 0 Å². The van der Waals surface area contributed by atoms with Crippen LogP contribution in [-0.4, -0.2) is 31.6 Å². The van der Waals surface area contributed by atoms with Gasteiger partial charge in [0.15, 0.2) is 0 Å². The first-order valence-electron chi connectivity index (χ1n) is 4.34. The number of allylic oxidation sites excluding steroid dienone is 2. The maximum atomic E-state index is 13.1. The lowest BCUT2D eigenvalue weighted by Gasteiger charge is -2.03. The molecule has 0 aromatic heterocycles. The highest BCUT2D eigenvalue weighted by Crippen LogP contribution is 2.06. The Morgan fingerprint density at radius 1 is 1.60 bits per heavy atom. The molecule has 0 aliphatic rings. The number of nitrogens with zero attached hydrogens (tertiary/aromatic N) is 2. The Morgan fingerprint density at radius 3 is 2.60 bits per heavy atom. The molecule has 82 valence electrons. The molecule has 4 nitrogen and oxygen atoms in total. The van der Waals surface area contributed by atoms with E-state index in [1.165, 1.54) is 4.90 Å². The molecule has 0 aromatic rings. The van der Waals surface area contributed by atoms with Crippen molar-refractivity contribution in [2.24, 2.45) is 0 Å². The normalized spacial score (nSPS) is 11.9. The highest BCUT2D eigenvalue weighted by atomic mass is 19.1. The van der Waals surface area contributed by atoms with Gasteiger partial charge in [0.25, 0.3) is 0 Å². The lowest BCUT2D eigenvalue weighted by molar-refractivity contribution is -0.138. The lowest BCUT2D eigenvalue weighted by atomic mass is 10.4. The molecule has 0 N–H and O–H groups in total. The Hall–Kier alpha value is -1.83. The van der Waals surface area contributed by atoms with Crippen LogP contribution in [0.5, 0.6) is 0 Å². The Labute approximate surface area is 88.2 Å². The van der Waals surface area contributed by atoms with Crippen LogP contribution in [-0.2, 0) is 9.53 Å². The maximum Gasteiger partial charge on any atom is 0.348 e. The van der Waals surface area contributed by atoms with Crippen LogP contribution in [0.2, 0.25) is 0 Å². The Kier molecular flexibility index (Phi) is 5.79. The van der Waals surface area contributed by atoms with E-state index < -0.39 is 11.8 Å². The number of carbonyl (C=O) groups excluding carboxylic acids is 1. The fourth-order valence-electron chi connectivity index (χ4n) is 0.768. The van der Waals surface area contributed by atoms with Crippen LogP contribution in [0, 0.1) is 11.3 Å². The Bertz CT molecular complexity index is 327. The molecule has 0 atom stereocenters. The van der Waals surface area contributed by atoms with Gasteiger partial charge in [-0.15, -0.1) is 0 Å². The van der Waals surface area contributed by atoms with E-state index in [1.54, 1.807) is 27.1 Å². The van der Waals surface area contributed by atoms with Crippen LogP contribution < -0.4 is 0 Å². The minimum atomic E-state index is -0.817. The fourth-order valence-corrected chi connectivity index (χ4v) is 0.768. The molecule has 0 saturated heterocycles. The molecule has 0 radical (unpaired) electrons. The smallest absolute Gasteiger partial charge is 0.348 e. The molecule has 0 spiro atoms. The van der Waals surface area contributed by atoms with Gasteiger partial charge in [-0.05, 0) is 6.92 Å². The van der Waals surface area contributed by atoms with E-state index in [0.29, 0.717) is 0 Å². The van der Waals surface area contributed by atoms with Gasteiger partial charge >= 0.3 is 5.97 Å². The third-order valence-corrected chi connectivity index (χ3v) is 1.28. The van der Waals surface area contributed by atoms with Gasteiger partial charge in [-0.1, -0.05) is 0 Å². The number of hydrogen-bond acceptors (Lipinski definition) is 4. The quantitative estimate of drug-likeness (QED) is 0.307. The molecule has 0 saturated carbocycles. The molecular formula is C10H13FN2O2. The first-order valence-corrected chi connectivity index (χ1v) is 4.34. The van der Waals surface area contributed by atoms with E-state index in [9.17, 15) is 9.18 Å². The molecular weight excluding hydrogens is 201 g/mol. The van der Waals surface area contributed by atoms with Crippen LogP contribution in [0.3, 0.4) is 0 Å². The monoisotopic (exact) mass is 214 g/mol. The van der Waals surface area contributed by atoms with Crippen molar-refractivity contribution in [3.63, 3.8) is 0 Å². The van der Waals surface area contributed by atoms with E-state index in [1.807, 2.05) is 0 Å². The summed E-state index contributed by atoms with van der Waals surface area (Å²) in [4.78, 5) is 12.5. The predicted octanol–water partition coefficient (Wildman–Crippen LogP) is 1.37. The molecule has 0 heterocycles. The predicted molar refractivity (Wildman–Crippen MR) is 53.2 cm³/mol. The zero-order chi connectivity index (χ0) is 11.8. The first-order chi connectivity index (χ1) is 7.01. The molecule has 15 heavy (non-hydrogen) atoms. The number of ether oxygens (including phenoxy) is 1. The second kappa shape index (κ2) is 6.60. The van der Waals surface area contributed by atoms with Crippen molar-refractivity contribution >= 4 is 5.97 Å². The summed E-state index contributed by atoms with van der Waals surface area (Å²) in [6.07, 6.45) is 1.99. The Balaban J connectivity index is 4.76. The summed E-state index contributed by atoms with van der Waals surface area (Å²) < 4.78 is 17.6. The van der Waals surface area contributed by atoms with E-state index >= 15 is 0 Å². The van der Waals surface area contributed by atoms with Crippen molar-refractivity contribution in [3.8, 4) is 6.07 Å². The van der Waals surface area contributed by atoms with Gasteiger partial charge in [0.1, 0.15) is 17.5 Å². The zero-order valence-electron chi connectivity index (χ0n) is 8.95. The molecule has 0 bridgehead atoms. The first kappa shape index (κ1) is 13.2. The van der Waals surface area contributed by atoms with E-state index in [-0.39, 0.29) is 12.2 Å². The number of halogens is 1. The largest absolute Gasteiger partial charge is 0.462 e. The summed E-state index contributed by atoms with van der Waals surface area (Å²) in [5, 5.41) is 8.58. The highest BCUT2D eigenvalue weighted by molar-refractivity contribution is 5.93. The highest BCUT2D eigenvalue weighted by Gasteiger charge is 2.10. The van der Waals surface area contributed by atoms with Crippen LogP contribution in [0.4, 0.5) is 4.39 Å². The summed E-state index contributed by atoms with van der Waals surface area (Å²) in [6, 6.07) is 1.58. The van der Waals surface area contributed by atoms with Crippen LogP contribution in [0.25, 0.3) is 0 Å². The zero-order valence-corrected chi connectivity index (χ0v) is 8.95. The summed E-state index contributed by atoms with van der Waals surface area (Å²) in [7, 11) is 3.26. The maximum absolute atomic E-state index is 13.1. The van der Waals surface area contributed by atoms with Crippen molar-refractivity contribution in [2.75, 3.05) is 20.7 Å². The third kappa shape index (κ3) is 5.47. The van der Waals surface area contributed by atoms with Crippen molar-refractivity contribution in [1.29, 1.82) is 5.26 Å². The van der Waals surface area contributed by atoms with Crippen molar-refractivity contribution in [2.45, 2.75) is 6.92 Å². The van der Waals surface area contributed by atoms with Crippen molar-refractivity contribution in [1.82, 2.24) is 4.90 Å². The van der Waals surface area contributed by atoms with Gasteiger partial charge in [0, 0.05) is 26.4 Å². The minimum Gasteiger partial charge on any atom is -0.462 e. The summed E-state index contributed by atoms with van der Waals surface area (Å²) in [5.74, 6) is -1.49. The van der Waals surface area contributed by atoms with Crippen molar-refractivity contribution < 1.29 is 13.9 Å². The second-order valence-corrected chi connectivity index (χ2v) is 2.87. The molecule has 5 heteroatoms. The standard InChI is InChI=1S/C10H13FN2O2/c1-4-15-10(14)8(6-12)5-9(11)7-13(2)3/h5,7H,4H2,1-3H3/b8-5+,9-7-/i6+2. The number of hydrogen-bond donors (Lipinski definition) is 0. The SMILES string of the molecule is CCOC(=O)/C(=C/C(F)=C/N(C)C)[14C]#N.